The van der Waals surface area contributed by atoms with Crippen LogP contribution in [-0.4, -0.2) is 0 Å². The average molecular weight is 382 g/mol. The van der Waals surface area contributed by atoms with Gasteiger partial charge in [0.15, 0.2) is 0 Å². The van der Waals surface area contributed by atoms with Crippen molar-refractivity contribution in [3.63, 3.8) is 0 Å². The number of hydrogen-bond acceptors (Lipinski definition) is 1. The number of halogens is 3. The zero-order valence-corrected chi connectivity index (χ0v) is 14.0. The van der Waals surface area contributed by atoms with E-state index >= 15 is 0 Å². The Labute approximate surface area is 141 Å². The summed E-state index contributed by atoms with van der Waals surface area (Å²) in [6.45, 7) is 0.457. The van der Waals surface area contributed by atoms with Crippen LogP contribution in [0.5, 0.6) is 5.75 Å². The Balaban J connectivity index is 1.78. The predicted octanol–water partition coefficient (Wildman–Crippen LogP) is 6.49. The quantitative estimate of drug-likeness (QED) is 0.503. The molecule has 0 N–H and O–H groups in total. The van der Waals surface area contributed by atoms with Crippen molar-refractivity contribution in [2.24, 2.45) is 0 Å². The van der Waals surface area contributed by atoms with Gasteiger partial charge in [0, 0.05) is 4.47 Å². The lowest BCUT2D eigenvalue weighted by atomic mass is 10.1. The highest BCUT2D eigenvalue weighted by molar-refractivity contribution is 9.10. The fraction of sp³-hybridized carbons (Fsp3) is 0.0588. The number of benzene rings is 3. The first-order valence-corrected chi connectivity index (χ1v) is 7.93. The first-order chi connectivity index (χ1) is 10.1. The summed E-state index contributed by atoms with van der Waals surface area (Å²) < 4.78 is 6.88. The first-order valence-electron chi connectivity index (χ1n) is 6.38. The molecular formula is C17H11BrCl2O. The van der Waals surface area contributed by atoms with E-state index < -0.39 is 0 Å². The van der Waals surface area contributed by atoms with Gasteiger partial charge in [0.2, 0.25) is 0 Å². The van der Waals surface area contributed by atoms with Gasteiger partial charge in [-0.25, -0.2) is 0 Å². The lowest BCUT2D eigenvalue weighted by Crippen LogP contribution is -1.95. The summed E-state index contributed by atoms with van der Waals surface area (Å²) in [5.41, 5.74) is 0.986. The predicted molar refractivity (Wildman–Crippen MR) is 92.4 cm³/mol. The van der Waals surface area contributed by atoms with E-state index in [9.17, 15) is 0 Å². The summed E-state index contributed by atoms with van der Waals surface area (Å²) in [7, 11) is 0. The van der Waals surface area contributed by atoms with E-state index in [0.29, 0.717) is 16.7 Å². The molecule has 0 spiro atoms. The second kappa shape index (κ2) is 6.27. The van der Waals surface area contributed by atoms with Gasteiger partial charge in [-0.1, -0.05) is 57.3 Å². The highest BCUT2D eigenvalue weighted by Crippen LogP contribution is 2.26. The minimum Gasteiger partial charge on any atom is -0.489 e. The molecule has 0 aliphatic rings. The van der Waals surface area contributed by atoms with Crippen molar-refractivity contribution in [3.05, 3.63) is 74.7 Å². The summed E-state index contributed by atoms with van der Waals surface area (Å²) >= 11 is 15.4. The van der Waals surface area contributed by atoms with Crippen molar-refractivity contribution in [2.75, 3.05) is 0 Å². The van der Waals surface area contributed by atoms with Gasteiger partial charge in [-0.05, 0) is 52.7 Å². The Bertz CT molecular complexity index is 802. The van der Waals surface area contributed by atoms with Gasteiger partial charge in [0.25, 0.3) is 0 Å². The van der Waals surface area contributed by atoms with Gasteiger partial charge in [-0.15, -0.1) is 0 Å². The molecule has 0 radical (unpaired) electrons. The van der Waals surface area contributed by atoms with Crippen LogP contribution in [0.2, 0.25) is 10.0 Å². The average Bonchev–Trinajstić information content (AvgIpc) is 2.48. The van der Waals surface area contributed by atoms with Crippen molar-refractivity contribution in [2.45, 2.75) is 6.61 Å². The Morgan fingerprint density at radius 2 is 1.57 bits per heavy atom. The van der Waals surface area contributed by atoms with Crippen LogP contribution in [0.3, 0.4) is 0 Å². The normalized spacial score (nSPS) is 10.8. The number of rotatable bonds is 3. The van der Waals surface area contributed by atoms with E-state index in [1.54, 1.807) is 6.07 Å². The molecule has 0 heterocycles. The van der Waals surface area contributed by atoms with Crippen LogP contribution in [0.4, 0.5) is 0 Å². The van der Waals surface area contributed by atoms with Gasteiger partial charge in [-0.3, -0.25) is 0 Å². The van der Waals surface area contributed by atoms with Crippen molar-refractivity contribution >= 4 is 49.9 Å². The molecule has 0 aliphatic heterocycles. The topological polar surface area (TPSA) is 9.23 Å². The molecule has 0 saturated carbocycles. The number of fused-ring (bicyclic) bond motifs is 1. The van der Waals surface area contributed by atoms with E-state index in [1.807, 2.05) is 36.4 Å². The molecule has 0 aromatic heterocycles. The van der Waals surface area contributed by atoms with Gasteiger partial charge in [-0.2, -0.15) is 0 Å². The van der Waals surface area contributed by atoms with Crippen LogP contribution in [0.15, 0.2) is 59.1 Å². The second-order valence-electron chi connectivity index (χ2n) is 4.69. The summed E-state index contributed by atoms with van der Waals surface area (Å²) in [5.74, 6) is 0.830. The zero-order valence-electron chi connectivity index (χ0n) is 10.9. The van der Waals surface area contributed by atoms with Crippen LogP contribution in [0.25, 0.3) is 10.8 Å². The molecule has 3 aromatic carbocycles. The van der Waals surface area contributed by atoms with Crippen molar-refractivity contribution in [1.82, 2.24) is 0 Å². The standard InChI is InChI=1S/C17H11BrCl2O/c18-14-4-2-13-9-15(5-3-12(13)8-14)21-10-11-1-6-16(19)17(20)7-11/h1-9H,10H2. The molecule has 106 valence electrons. The molecule has 0 atom stereocenters. The smallest absolute Gasteiger partial charge is 0.120 e. The van der Waals surface area contributed by atoms with Gasteiger partial charge in [0.1, 0.15) is 12.4 Å². The molecule has 1 nitrogen and oxygen atoms in total. The Morgan fingerprint density at radius 1 is 0.810 bits per heavy atom. The number of ether oxygens (including phenoxy) is 1. The van der Waals surface area contributed by atoms with Crippen LogP contribution in [0.1, 0.15) is 5.56 Å². The van der Waals surface area contributed by atoms with Crippen LogP contribution < -0.4 is 4.74 Å². The van der Waals surface area contributed by atoms with Crippen LogP contribution >= 0.6 is 39.1 Å². The summed E-state index contributed by atoms with van der Waals surface area (Å²) in [6, 6.07) is 17.7. The van der Waals surface area contributed by atoms with E-state index in [-0.39, 0.29) is 0 Å². The highest BCUT2D eigenvalue weighted by atomic mass is 79.9. The fourth-order valence-corrected chi connectivity index (χ4v) is 2.78. The van der Waals surface area contributed by atoms with Gasteiger partial charge in [0.05, 0.1) is 10.0 Å². The number of hydrogen-bond donors (Lipinski definition) is 0. The van der Waals surface area contributed by atoms with Gasteiger partial charge >= 0.3 is 0 Å². The Morgan fingerprint density at radius 3 is 2.38 bits per heavy atom. The fourth-order valence-electron chi connectivity index (χ4n) is 2.08. The Hall–Kier alpha value is -1.22. The van der Waals surface area contributed by atoms with E-state index in [1.165, 1.54) is 5.39 Å². The molecule has 0 unspecified atom stereocenters. The molecule has 0 aliphatic carbocycles. The zero-order chi connectivity index (χ0) is 14.8. The van der Waals surface area contributed by atoms with Crippen LogP contribution in [-0.2, 0) is 6.61 Å². The second-order valence-corrected chi connectivity index (χ2v) is 6.42. The summed E-state index contributed by atoms with van der Waals surface area (Å²) in [5, 5.41) is 3.41. The van der Waals surface area contributed by atoms with E-state index in [2.05, 4.69) is 28.1 Å². The molecule has 0 saturated heterocycles. The molecular weight excluding hydrogens is 371 g/mol. The first kappa shape index (κ1) is 14.7. The molecule has 0 amide bonds. The third kappa shape index (κ3) is 3.52. The van der Waals surface area contributed by atoms with Crippen molar-refractivity contribution in [3.8, 4) is 5.75 Å². The SMILES string of the molecule is Clc1ccc(COc2ccc3cc(Br)ccc3c2)cc1Cl. The molecule has 3 rings (SSSR count). The van der Waals surface area contributed by atoms with Gasteiger partial charge < -0.3 is 4.74 Å². The Kier molecular flexibility index (Phi) is 4.39. The molecule has 0 fully saturated rings. The van der Waals surface area contributed by atoms with Crippen molar-refractivity contribution < 1.29 is 4.74 Å². The van der Waals surface area contributed by atoms with Crippen molar-refractivity contribution in [1.29, 1.82) is 0 Å². The highest BCUT2D eigenvalue weighted by Gasteiger charge is 2.02. The molecule has 3 aromatic rings. The van der Waals surface area contributed by atoms with E-state index in [0.717, 1.165) is 21.2 Å². The van der Waals surface area contributed by atoms with Crippen LogP contribution in [0, 0.1) is 0 Å². The lowest BCUT2D eigenvalue weighted by Gasteiger charge is -2.08. The third-order valence-electron chi connectivity index (χ3n) is 3.16. The largest absolute Gasteiger partial charge is 0.489 e. The lowest BCUT2D eigenvalue weighted by molar-refractivity contribution is 0.306. The summed E-state index contributed by atoms with van der Waals surface area (Å²) in [6.07, 6.45) is 0. The maximum Gasteiger partial charge on any atom is 0.120 e. The maximum atomic E-state index is 6.00. The minimum atomic E-state index is 0.457. The molecule has 21 heavy (non-hydrogen) atoms. The maximum absolute atomic E-state index is 6.00. The van der Waals surface area contributed by atoms with E-state index in [4.69, 9.17) is 27.9 Å². The monoisotopic (exact) mass is 380 g/mol. The summed E-state index contributed by atoms with van der Waals surface area (Å²) in [4.78, 5) is 0. The molecule has 0 bridgehead atoms. The minimum absolute atomic E-state index is 0.457. The molecule has 4 heteroatoms. The third-order valence-corrected chi connectivity index (χ3v) is 4.40.